The van der Waals surface area contributed by atoms with Gasteiger partial charge < -0.3 is 31.3 Å². The molecule has 0 aliphatic heterocycles. The lowest BCUT2D eigenvalue weighted by molar-refractivity contribution is -0.117. The van der Waals surface area contributed by atoms with Crippen LogP contribution in [-0.4, -0.2) is 53.1 Å². The van der Waals surface area contributed by atoms with Gasteiger partial charge in [-0.05, 0) is 52.3 Å². The maximum atomic E-state index is 12.9. The Labute approximate surface area is 199 Å². The van der Waals surface area contributed by atoms with Crippen molar-refractivity contribution in [3.63, 3.8) is 0 Å². The Morgan fingerprint density at radius 1 is 1.12 bits per heavy atom. The van der Waals surface area contributed by atoms with Crippen molar-refractivity contribution in [2.45, 2.75) is 52.7 Å². The lowest BCUT2D eigenvalue weighted by Gasteiger charge is -2.21. The molecule has 0 saturated carbocycles. The van der Waals surface area contributed by atoms with E-state index in [1.807, 2.05) is 6.92 Å². The van der Waals surface area contributed by atoms with Crippen molar-refractivity contribution in [3.8, 4) is 0 Å². The third-order valence-electron chi connectivity index (χ3n) is 4.31. The summed E-state index contributed by atoms with van der Waals surface area (Å²) < 4.78 is 5.17. The van der Waals surface area contributed by atoms with Crippen LogP contribution in [0.2, 0.25) is 0 Å². The van der Waals surface area contributed by atoms with Crippen molar-refractivity contribution >= 4 is 41.0 Å². The monoisotopic (exact) mass is 471 g/mol. The van der Waals surface area contributed by atoms with Crippen LogP contribution in [0.1, 0.15) is 51.4 Å². The number of aromatic nitrogens is 2. The molecule has 34 heavy (non-hydrogen) atoms. The first kappa shape index (κ1) is 26.4. The molecular formula is C23H33N7O4. The summed E-state index contributed by atoms with van der Waals surface area (Å²) in [5.41, 5.74) is 0.537. The number of alkyl carbamates (subject to hydrolysis) is 1. The lowest BCUT2D eigenvalue weighted by atomic mass is 10.2. The van der Waals surface area contributed by atoms with Gasteiger partial charge in [-0.3, -0.25) is 9.59 Å². The molecule has 2 aromatic rings. The number of rotatable bonds is 9. The number of nitrogens with one attached hydrogen (secondary N) is 5. The minimum atomic E-state index is -0.830. The third kappa shape index (κ3) is 8.23. The summed E-state index contributed by atoms with van der Waals surface area (Å²) >= 11 is 0. The molecule has 0 saturated heterocycles. The van der Waals surface area contributed by atoms with E-state index in [1.165, 1.54) is 6.20 Å². The van der Waals surface area contributed by atoms with Gasteiger partial charge >= 0.3 is 6.09 Å². The predicted octanol–water partition coefficient (Wildman–Crippen LogP) is 3.44. The van der Waals surface area contributed by atoms with E-state index in [1.54, 1.807) is 59.0 Å². The smallest absolute Gasteiger partial charge is 0.408 e. The first-order valence-electron chi connectivity index (χ1n) is 11.0. The molecule has 0 bridgehead atoms. The van der Waals surface area contributed by atoms with Crippen LogP contribution in [0.5, 0.6) is 0 Å². The van der Waals surface area contributed by atoms with E-state index in [2.05, 4.69) is 36.6 Å². The van der Waals surface area contributed by atoms with E-state index in [-0.39, 0.29) is 5.56 Å². The van der Waals surface area contributed by atoms with Crippen molar-refractivity contribution in [1.29, 1.82) is 0 Å². The SMILES string of the molecule is CCCNc1nc(NC)ncc1C(=O)Nc1cccc(NC(=O)[C@H](C)NC(=O)OC(C)(C)C)c1. The van der Waals surface area contributed by atoms with E-state index >= 15 is 0 Å². The molecule has 0 unspecified atom stereocenters. The second kappa shape index (κ2) is 11.8. The van der Waals surface area contributed by atoms with Crippen LogP contribution in [0, 0.1) is 0 Å². The molecule has 3 amide bonds. The van der Waals surface area contributed by atoms with E-state index in [0.29, 0.717) is 29.7 Å². The first-order chi connectivity index (χ1) is 16.0. The van der Waals surface area contributed by atoms with Gasteiger partial charge in [0.25, 0.3) is 5.91 Å². The standard InChI is InChI=1S/C23H33N7O4/c1-7-11-25-18-17(13-26-21(24-6)30-18)20(32)29-16-10-8-9-15(12-16)28-19(31)14(2)27-22(33)34-23(3,4)5/h8-10,12-14H,7,11H2,1-6H3,(H,27,33)(H,28,31)(H,29,32)(H2,24,25,26,30)/t14-/m0/s1. The zero-order valence-electron chi connectivity index (χ0n) is 20.4. The summed E-state index contributed by atoms with van der Waals surface area (Å²) in [4.78, 5) is 45.7. The molecule has 11 heteroatoms. The van der Waals surface area contributed by atoms with Crippen LogP contribution in [0.15, 0.2) is 30.5 Å². The number of carbonyl (C=O) groups is 3. The highest BCUT2D eigenvalue weighted by Gasteiger charge is 2.21. The third-order valence-corrected chi connectivity index (χ3v) is 4.31. The van der Waals surface area contributed by atoms with E-state index in [0.717, 1.165) is 6.42 Å². The fourth-order valence-electron chi connectivity index (χ4n) is 2.72. The number of benzene rings is 1. The van der Waals surface area contributed by atoms with E-state index in [9.17, 15) is 14.4 Å². The molecule has 1 aromatic heterocycles. The van der Waals surface area contributed by atoms with Crippen LogP contribution >= 0.6 is 0 Å². The molecule has 0 fully saturated rings. The first-order valence-corrected chi connectivity index (χ1v) is 11.0. The van der Waals surface area contributed by atoms with Gasteiger partial charge in [0.15, 0.2) is 0 Å². The number of anilines is 4. The topological polar surface area (TPSA) is 146 Å². The summed E-state index contributed by atoms with van der Waals surface area (Å²) in [6.07, 6.45) is 1.63. The van der Waals surface area contributed by atoms with Gasteiger partial charge in [0.05, 0.1) is 0 Å². The van der Waals surface area contributed by atoms with Crippen molar-refractivity contribution in [2.75, 3.05) is 34.9 Å². The van der Waals surface area contributed by atoms with Crippen molar-refractivity contribution < 1.29 is 19.1 Å². The maximum absolute atomic E-state index is 12.9. The molecule has 11 nitrogen and oxygen atoms in total. The van der Waals surface area contributed by atoms with Gasteiger partial charge in [-0.15, -0.1) is 0 Å². The van der Waals surface area contributed by atoms with Crippen LogP contribution < -0.4 is 26.6 Å². The molecule has 1 aromatic carbocycles. The number of hydrogen-bond acceptors (Lipinski definition) is 8. The number of amides is 3. The molecule has 0 spiro atoms. The van der Waals surface area contributed by atoms with E-state index < -0.39 is 29.6 Å². The van der Waals surface area contributed by atoms with Gasteiger partial charge in [0, 0.05) is 31.2 Å². The zero-order valence-corrected chi connectivity index (χ0v) is 20.4. The Morgan fingerprint density at radius 2 is 1.79 bits per heavy atom. The minimum absolute atomic E-state index is 0.289. The summed E-state index contributed by atoms with van der Waals surface area (Å²) in [6.45, 7) is 9.42. The Morgan fingerprint density at radius 3 is 2.41 bits per heavy atom. The molecule has 0 aliphatic carbocycles. The van der Waals surface area contributed by atoms with Gasteiger partial charge in [-0.25, -0.2) is 9.78 Å². The Kier molecular flexibility index (Phi) is 9.17. The average molecular weight is 472 g/mol. The fraction of sp³-hybridized carbons (Fsp3) is 0.435. The quantitative estimate of drug-likeness (QED) is 0.374. The Balaban J connectivity index is 2.06. The second-order valence-electron chi connectivity index (χ2n) is 8.52. The average Bonchev–Trinajstić information content (AvgIpc) is 2.76. The van der Waals surface area contributed by atoms with Crippen molar-refractivity contribution in [1.82, 2.24) is 15.3 Å². The van der Waals surface area contributed by atoms with Crippen LogP contribution in [-0.2, 0) is 9.53 Å². The van der Waals surface area contributed by atoms with Crippen LogP contribution in [0.4, 0.5) is 27.9 Å². The molecule has 1 heterocycles. The summed E-state index contributed by atoms with van der Waals surface area (Å²) in [7, 11) is 1.70. The molecule has 1 atom stereocenters. The number of hydrogen-bond donors (Lipinski definition) is 5. The predicted molar refractivity (Wildman–Crippen MR) is 132 cm³/mol. The van der Waals surface area contributed by atoms with Gasteiger partial charge in [0.1, 0.15) is 23.0 Å². The lowest BCUT2D eigenvalue weighted by Crippen LogP contribution is -2.43. The summed E-state index contributed by atoms with van der Waals surface area (Å²) in [5.74, 6) is -0.0136. The second-order valence-corrected chi connectivity index (χ2v) is 8.52. The van der Waals surface area contributed by atoms with Crippen molar-refractivity contribution in [3.05, 3.63) is 36.0 Å². The zero-order chi connectivity index (χ0) is 25.3. The maximum Gasteiger partial charge on any atom is 0.408 e. The molecule has 5 N–H and O–H groups in total. The molecule has 2 rings (SSSR count). The number of nitrogens with zero attached hydrogens (tertiary/aromatic N) is 2. The van der Waals surface area contributed by atoms with Gasteiger partial charge in [-0.1, -0.05) is 13.0 Å². The van der Waals surface area contributed by atoms with Crippen molar-refractivity contribution in [2.24, 2.45) is 0 Å². The molecule has 184 valence electrons. The highest BCUT2D eigenvalue weighted by atomic mass is 16.6. The number of carbonyl (C=O) groups excluding carboxylic acids is 3. The van der Waals surface area contributed by atoms with Crippen LogP contribution in [0.3, 0.4) is 0 Å². The molecule has 0 radical (unpaired) electrons. The normalized spacial score (nSPS) is 11.7. The van der Waals surface area contributed by atoms with Gasteiger partial charge in [-0.2, -0.15) is 4.98 Å². The fourth-order valence-corrected chi connectivity index (χ4v) is 2.72. The summed E-state index contributed by atoms with van der Waals surface area (Å²) in [6, 6.07) is 5.83. The van der Waals surface area contributed by atoms with E-state index in [4.69, 9.17) is 4.74 Å². The van der Waals surface area contributed by atoms with Gasteiger partial charge in [0.2, 0.25) is 11.9 Å². The molecular weight excluding hydrogens is 438 g/mol. The number of ether oxygens (including phenoxy) is 1. The Hall–Kier alpha value is -3.89. The highest BCUT2D eigenvalue weighted by Crippen LogP contribution is 2.19. The highest BCUT2D eigenvalue weighted by molar-refractivity contribution is 6.07. The molecule has 0 aliphatic rings. The minimum Gasteiger partial charge on any atom is -0.444 e. The van der Waals surface area contributed by atoms with Crippen LogP contribution in [0.25, 0.3) is 0 Å². The largest absolute Gasteiger partial charge is 0.444 e. The summed E-state index contributed by atoms with van der Waals surface area (Å²) in [5, 5.41) is 14.0. The Bertz CT molecular complexity index is 1020.